The molecule has 2 heterocycles. The Morgan fingerprint density at radius 2 is 1.93 bits per heavy atom. The van der Waals surface area contributed by atoms with Crippen LogP contribution in [0, 0.1) is 0 Å². The highest BCUT2D eigenvalue weighted by molar-refractivity contribution is 7.10. The second kappa shape index (κ2) is 12.9. The van der Waals surface area contributed by atoms with Gasteiger partial charge < -0.3 is 15.0 Å². The minimum Gasteiger partial charge on any atom is -0.379 e. The van der Waals surface area contributed by atoms with Crippen LogP contribution in [-0.2, 0) is 14.3 Å². The van der Waals surface area contributed by atoms with Crippen molar-refractivity contribution in [2.45, 2.75) is 52.0 Å². The smallest absolute Gasteiger partial charge is 0.222 e. The maximum absolute atomic E-state index is 12.3. The Hall–Kier alpha value is -1.44. The molecule has 0 radical (unpaired) electrons. The summed E-state index contributed by atoms with van der Waals surface area (Å²) in [5.74, 6) is 0.196. The predicted molar refractivity (Wildman–Crippen MR) is 113 cm³/mol. The summed E-state index contributed by atoms with van der Waals surface area (Å²) in [6, 6.07) is 4.38. The van der Waals surface area contributed by atoms with E-state index >= 15 is 0 Å². The maximum atomic E-state index is 12.3. The summed E-state index contributed by atoms with van der Waals surface area (Å²) in [6.07, 6.45) is 3.40. The average Bonchev–Trinajstić information content (AvgIpc) is 3.23. The summed E-state index contributed by atoms with van der Waals surface area (Å²) < 4.78 is 5.46. The Balaban J connectivity index is 1.75. The van der Waals surface area contributed by atoms with Crippen molar-refractivity contribution in [3.05, 3.63) is 22.4 Å². The molecule has 6 nitrogen and oxygen atoms in total. The zero-order valence-corrected chi connectivity index (χ0v) is 18.1. The Labute approximate surface area is 173 Å². The van der Waals surface area contributed by atoms with E-state index in [1.165, 1.54) is 4.88 Å². The number of morpholine rings is 1. The van der Waals surface area contributed by atoms with Gasteiger partial charge in [0, 0.05) is 50.4 Å². The van der Waals surface area contributed by atoms with Crippen LogP contribution in [0.3, 0.4) is 0 Å². The van der Waals surface area contributed by atoms with E-state index in [-0.39, 0.29) is 17.9 Å². The van der Waals surface area contributed by atoms with Gasteiger partial charge in [-0.25, -0.2) is 0 Å². The molecule has 1 aromatic heterocycles. The fraction of sp³-hybridized carbons (Fsp3) is 0.714. The van der Waals surface area contributed by atoms with Crippen molar-refractivity contribution in [3.8, 4) is 0 Å². The molecular weight excluding hydrogens is 374 g/mol. The molecule has 0 saturated carbocycles. The summed E-state index contributed by atoms with van der Waals surface area (Å²) in [6.45, 7) is 9.64. The first-order chi connectivity index (χ1) is 13.7. The van der Waals surface area contributed by atoms with Crippen LogP contribution in [0.2, 0.25) is 0 Å². The number of nitrogens with zero attached hydrogens (tertiary/aromatic N) is 2. The highest BCUT2D eigenvalue weighted by Gasteiger charge is 2.24. The van der Waals surface area contributed by atoms with E-state index in [2.05, 4.69) is 41.6 Å². The summed E-state index contributed by atoms with van der Waals surface area (Å²) >= 11 is 1.73. The van der Waals surface area contributed by atoms with E-state index in [9.17, 15) is 9.59 Å². The lowest BCUT2D eigenvalue weighted by Gasteiger charge is -2.34. The minimum atomic E-state index is 0.0279. The van der Waals surface area contributed by atoms with Gasteiger partial charge in [-0.15, -0.1) is 11.3 Å². The molecule has 1 unspecified atom stereocenters. The van der Waals surface area contributed by atoms with Gasteiger partial charge in [0.15, 0.2) is 0 Å². The average molecular weight is 410 g/mol. The molecule has 28 heavy (non-hydrogen) atoms. The molecule has 2 amide bonds. The Morgan fingerprint density at radius 1 is 1.21 bits per heavy atom. The quantitative estimate of drug-likeness (QED) is 0.576. The van der Waals surface area contributed by atoms with E-state index in [0.717, 1.165) is 52.2 Å². The minimum absolute atomic E-state index is 0.0279. The molecule has 1 aromatic rings. The third-order valence-electron chi connectivity index (χ3n) is 4.98. The number of carbonyl (C=O) groups excluding carboxylic acids is 2. The molecule has 1 aliphatic rings. The van der Waals surface area contributed by atoms with E-state index < -0.39 is 0 Å². The third kappa shape index (κ3) is 7.53. The van der Waals surface area contributed by atoms with Crippen molar-refractivity contribution >= 4 is 23.2 Å². The van der Waals surface area contributed by atoms with Crippen molar-refractivity contribution in [2.75, 3.05) is 45.9 Å². The Morgan fingerprint density at radius 3 is 2.54 bits per heavy atom. The Kier molecular flexibility index (Phi) is 10.5. The molecule has 158 valence electrons. The van der Waals surface area contributed by atoms with Gasteiger partial charge in [-0.2, -0.15) is 0 Å². The fourth-order valence-corrected chi connectivity index (χ4v) is 4.40. The first-order valence-electron chi connectivity index (χ1n) is 10.5. The van der Waals surface area contributed by atoms with E-state index in [4.69, 9.17) is 4.74 Å². The third-order valence-corrected chi connectivity index (χ3v) is 5.96. The van der Waals surface area contributed by atoms with Gasteiger partial charge >= 0.3 is 0 Å². The second-order valence-corrected chi connectivity index (χ2v) is 8.20. The maximum Gasteiger partial charge on any atom is 0.222 e. The Bertz CT molecular complexity index is 567. The summed E-state index contributed by atoms with van der Waals surface area (Å²) in [7, 11) is 0. The van der Waals surface area contributed by atoms with E-state index in [1.54, 1.807) is 11.3 Å². The van der Waals surface area contributed by atoms with Gasteiger partial charge in [-0.3, -0.25) is 14.5 Å². The van der Waals surface area contributed by atoms with Gasteiger partial charge in [0.1, 0.15) is 0 Å². The van der Waals surface area contributed by atoms with Gasteiger partial charge in [0.25, 0.3) is 0 Å². The SMILES string of the molecule is CCCN(CCC)C(=O)CCCC(=O)NCC(c1cccs1)N1CCOCC1. The lowest BCUT2D eigenvalue weighted by molar-refractivity contribution is -0.131. The first kappa shape index (κ1) is 22.8. The van der Waals surface area contributed by atoms with Crippen LogP contribution in [0.5, 0.6) is 0 Å². The normalized spacial score (nSPS) is 15.9. The molecule has 2 rings (SSSR count). The first-order valence-corrected chi connectivity index (χ1v) is 11.4. The molecule has 7 heteroatoms. The number of ether oxygens (including phenoxy) is 1. The summed E-state index contributed by atoms with van der Waals surface area (Å²) in [4.78, 5) is 30.2. The van der Waals surface area contributed by atoms with Crippen LogP contribution in [0.25, 0.3) is 0 Å². The van der Waals surface area contributed by atoms with Crippen LogP contribution in [0.4, 0.5) is 0 Å². The molecular formula is C21H35N3O3S. The van der Waals surface area contributed by atoms with Crippen molar-refractivity contribution in [2.24, 2.45) is 0 Å². The lowest BCUT2D eigenvalue weighted by atomic mass is 10.1. The number of rotatable bonds is 12. The molecule has 0 aromatic carbocycles. The van der Waals surface area contributed by atoms with Crippen molar-refractivity contribution in [1.82, 2.24) is 15.1 Å². The number of hydrogen-bond donors (Lipinski definition) is 1. The largest absolute Gasteiger partial charge is 0.379 e. The number of hydrogen-bond acceptors (Lipinski definition) is 5. The molecule has 1 saturated heterocycles. The molecule has 1 N–H and O–H groups in total. The summed E-state index contributed by atoms with van der Waals surface area (Å²) in [5.41, 5.74) is 0. The van der Waals surface area contributed by atoms with Gasteiger partial charge in [-0.1, -0.05) is 19.9 Å². The number of amides is 2. The van der Waals surface area contributed by atoms with Gasteiger partial charge in [0.05, 0.1) is 19.3 Å². The predicted octanol–water partition coefficient (Wildman–Crippen LogP) is 3.06. The van der Waals surface area contributed by atoms with Crippen LogP contribution >= 0.6 is 11.3 Å². The second-order valence-electron chi connectivity index (χ2n) is 7.22. The molecule has 0 bridgehead atoms. The monoisotopic (exact) mass is 409 g/mol. The van der Waals surface area contributed by atoms with Crippen LogP contribution in [0.15, 0.2) is 17.5 Å². The van der Waals surface area contributed by atoms with Crippen molar-refractivity contribution in [1.29, 1.82) is 0 Å². The zero-order valence-electron chi connectivity index (χ0n) is 17.3. The van der Waals surface area contributed by atoms with E-state index in [1.807, 2.05) is 4.90 Å². The molecule has 0 spiro atoms. The number of thiophene rings is 1. The molecule has 1 fully saturated rings. The highest BCUT2D eigenvalue weighted by Crippen LogP contribution is 2.25. The standard InChI is InChI=1S/C21H35N3O3S/c1-3-10-24(11-4-2)21(26)9-5-8-20(25)22-17-18(19-7-6-16-28-19)23-12-14-27-15-13-23/h6-7,16,18H,3-5,8-15,17H2,1-2H3,(H,22,25). The van der Waals surface area contributed by atoms with Crippen LogP contribution < -0.4 is 5.32 Å². The zero-order chi connectivity index (χ0) is 20.2. The molecule has 0 aliphatic carbocycles. The van der Waals surface area contributed by atoms with Crippen LogP contribution in [0.1, 0.15) is 56.9 Å². The summed E-state index contributed by atoms with van der Waals surface area (Å²) in [5, 5.41) is 5.16. The topological polar surface area (TPSA) is 61.9 Å². The molecule has 1 atom stereocenters. The highest BCUT2D eigenvalue weighted by atomic mass is 32.1. The number of nitrogens with one attached hydrogen (secondary N) is 1. The number of carbonyl (C=O) groups is 2. The van der Waals surface area contributed by atoms with Crippen LogP contribution in [-0.4, -0.2) is 67.6 Å². The lowest BCUT2D eigenvalue weighted by Crippen LogP contribution is -2.43. The van der Waals surface area contributed by atoms with Crippen molar-refractivity contribution < 1.29 is 14.3 Å². The molecule has 1 aliphatic heterocycles. The van der Waals surface area contributed by atoms with E-state index in [0.29, 0.717) is 25.8 Å². The van der Waals surface area contributed by atoms with Crippen molar-refractivity contribution in [3.63, 3.8) is 0 Å². The van der Waals surface area contributed by atoms with Gasteiger partial charge in [0.2, 0.25) is 11.8 Å². The van der Waals surface area contributed by atoms with Gasteiger partial charge in [-0.05, 0) is 30.7 Å². The fourth-order valence-electron chi connectivity index (χ4n) is 3.54.